The van der Waals surface area contributed by atoms with E-state index in [1.807, 2.05) is 24.3 Å². The van der Waals surface area contributed by atoms with Crippen LogP contribution in [0.5, 0.6) is 11.5 Å². The maximum absolute atomic E-state index is 11.2. The van der Waals surface area contributed by atoms with E-state index in [2.05, 4.69) is 18.7 Å². The number of rotatable bonds is 5. The summed E-state index contributed by atoms with van der Waals surface area (Å²) in [6.07, 6.45) is 3.33. The van der Waals surface area contributed by atoms with Crippen molar-refractivity contribution in [3.8, 4) is 11.5 Å². The average molecular weight is 301 g/mol. The minimum absolute atomic E-state index is 0.174. The molecule has 0 saturated carbocycles. The predicted octanol–water partition coefficient (Wildman–Crippen LogP) is 3.07. The first-order valence-corrected chi connectivity index (χ1v) is 7.14. The highest BCUT2D eigenvalue weighted by atomic mass is 16.4. The van der Waals surface area contributed by atoms with Gasteiger partial charge in [0.15, 0.2) is 5.75 Å². The molecule has 0 amide bonds. The van der Waals surface area contributed by atoms with Gasteiger partial charge in [-0.1, -0.05) is 18.2 Å². The maximum Gasteiger partial charge on any atom is 0.382 e. The summed E-state index contributed by atoms with van der Waals surface area (Å²) in [5, 5.41) is 18.5. The lowest BCUT2D eigenvalue weighted by Crippen LogP contribution is -2.21. The third kappa shape index (κ3) is 3.49. The zero-order valence-electron chi connectivity index (χ0n) is 12.6. The van der Waals surface area contributed by atoms with Crippen LogP contribution in [0.1, 0.15) is 25.2 Å². The summed E-state index contributed by atoms with van der Waals surface area (Å²) in [6.45, 7) is 6.11. The van der Waals surface area contributed by atoms with Crippen LogP contribution < -0.4 is 10.5 Å². The molecule has 0 aliphatic heterocycles. The summed E-state index contributed by atoms with van der Waals surface area (Å²) in [7, 11) is 0. The van der Waals surface area contributed by atoms with Gasteiger partial charge in [0.1, 0.15) is 5.76 Å². The van der Waals surface area contributed by atoms with Gasteiger partial charge >= 0.3 is 5.63 Å². The quantitative estimate of drug-likeness (QED) is 0.888. The molecule has 22 heavy (non-hydrogen) atoms. The van der Waals surface area contributed by atoms with Crippen molar-refractivity contribution in [2.75, 3.05) is 18.0 Å². The molecule has 5 nitrogen and oxygen atoms in total. The lowest BCUT2D eigenvalue weighted by Gasteiger charge is -2.20. The molecule has 2 aromatic rings. The van der Waals surface area contributed by atoms with E-state index in [1.54, 1.807) is 12.2 Å². The van der Waals surface area contributed by atoms with Crippen molar-refractivity contribution in [2.24, 2.45) is 0 Å². The number of hydrogen-bond acceptors (Lipinski definition) is 5. The summed E-state index contributed by atoms with van der Waals surface area (Å²) < 4.78 is 4.85. The molecule has 2 rings (SSSR count). The number of hydrogen-bond donors (Lipinski definition) is 2. The van der Waals surface area contributed by atoms with E-state index in [-0.39, 0.29) is 5.76 Å². The van der Waals surface area contributed by atoms with Crippen LogP contribution in [-0.2, 0) is 0 Å². The van der Waals surface area contributed by atoms with Gasteiger partial charge < -0.3 is 19.5 Å². The van der Waals surface area contributed by atoms with Crippen LogP contribution in [0.25, 0.3) is 12.2 Å². The van der Waals surface area contributed by atoms with Crippen LogP contribution in [0.15, 0.2) is 39.5 Å². The van der Waals surface area contributed by atoms with Gasteiger partial charge in [-0.2, -0.15) is 0 Å². The van der Waals surface area contributed by atoms with E-state index in [0.29, 0.717) is 0 Å². The van der Waals surface area contributed by atoms with Crippen LogP contribution in [0.2, 0.25) is 0 Å². The van der Waals surface area contributed by atoms with Gasteiger partial charge in [0.2, 0.25) is 5.75 Å². The Morgan fingerprint density at radius 2 is 1.73 bits per heavy atom. The SMILES string of the molecule is CCN(CC)c1ccc(C=Cc2cc(O)c(O)c(=O)o2)cc1. The highest BCUT2D eigenvalue weighted by molar-refractivity contribution is 5.69. The van der Waals surface area contributed by atoms with Gasteiger partial charge in [-0.15, -0.1) is 0 Å². The van der Waals surface area contributed by atoms with Crippen LogP contribution in [0.4, 0.5) is 5.69 Å². The molecule has 0 radical (unpaired) electrons. The molecule has 1 aromatic heterocycles. The zero-order valence-corrected chi connectivity index (χ0v) is 12.6. The third-order valence-corrected chi connectivity index (χ3v) is 3.39. The minimum atomic E-state index is -0.962. The van der Waals surface area contributed by atoms with Crippen LogP contribution in [-0.4, -0.2) is 23.3 Å². The van der Waals surface area contributed by atoms with Crippen molar-refractivity contribution in [1.29, 1.82) is 0 Å². The summed E-state index contributed by atoms with van der Waals surface area (Å²) in [4.78, 5) is 13.5. The Labute approximate surface area is 128 Å². The Balaban J connectivity index is 2.19. The fourth-order valence-electron chi connectivity index (χ4n) is 2.14. The molecule has 0 spiro atoms. The summed E-state index contributed by atoms with van der Waals surface area (Å²) in [5.41, 5.74) is 1.12. The first-order valence-electron chi connectivity index (χ1n) is 7.14. The lowest BCUT2D eigenvalue weighted by molar-refractivity contribution is 0.362. The van der Waals surface area contributed by atoms with Gasteiger partial charge in [0.05, 0.1) is 0 Å². The molecule has 1 heterocycles. The fraction of sp³-hybridized carbons (Fsp3) is 0.235. The molecule has 0 unspecified atom stereocenters. The molecule has 5 heteroatoms. The Kier molecular flexibility index (Phi) is 4.88. The van der Waals surface area contributed by atoms with Gasteiger partial charge in [-0.25, -0.2) is 4.79 Å². The summed E-state index contributed by atoms with van der Waals surface area (Å²) >= 11 is 0. The molecule has 1 aromatic carbocycles. The topological polar surface area (TPSA) is 73.9 Å². The molecule has 0 bridgehead atoms. The Bertz CT molecular complexity index is 712. The predicted molar refractivity (Wildman–Crippen MR) is 87.2 cm³/mol. The van der Waals surface area contributed by atoms with E-state index in [1.165, 1.54) is 6.07 Å². The largest absolute Gasteiger partial charge is 0.504 e. The second kappa shape index (κ2) is 6.85. The molecule has 2 N–H and O–H groups in total. The summed E-state index contributed by atoms with van der Waals surface area (Å²) in [6, 6.07) is 9.16. The van der Waals surface area contributed by atoms with Crippen LogP contribution in [0.3, 0.4) is 0 Å². The number of anilines is 1. The van der Waals surface area contributed by atoms with Gasteiger partial charge in [0, 0.05) is 24.8 Å². The molecule has 0 aliphatic rings. The number of aromatic hydroxyl groups is 2. The molecule has 0 atom stereocenters. The standard InChI is InChI=1S/C17H19NO4/c1-3-18(4-2)13-8-5-12(6-9-13)7-10-14-11-15(19)16(20)17(21)22-14/h5-11,19-20H,3-4H2,1-2H3. The van der Waals surface area contributed by atoms with Gasteiger partial charge in [-0.3, -0.25) is 0 Å². The van der Waals surface area contributed by atoms with E-state index in [0.717, 1.165) is 24.3 Å². The van der Waals surface area contributed by atoms with Crippen LogP contribution >= 0.6 is 0 Å². The van der Waals surface area contributed by atoms with Gasteiger partial charge in [0.25, 0.3) is 0 Å². The molecule has 0 aliphatic carbocycles. The van der Waals surface area contributed by atoms with Crippen molar-refractivity contribution in [2.45, 2.75) is 13.8 Å². The molecular weight excluding hydrogens is 282 g/mol. The van der Waals surface area contributed by atoms with Crippen molar-refractivity contribution >= 4 is 17.8 Å². The average Bonchev–Trinajstić information content (AvgIpc) is 2.53. The smallest absolute Gasteiger partial charge is 0.382 e. The minimum Gasteiger partial charge on any atom is -0.504 e. The monoisotopic (exact) mass is 301 g/mol. The molecule has 0 fully saturated rings. The second-order valence-electron chi connectivity index (χ2n) is 4.77. The van der Waals surface area contributed by atoms with E-state index < -0.39 is 17.1 Å². The summed E-state index contributed by atoms with van der Waals surface area (Å²) in [5.74, 6) is -1.10. The third-order valence-electron chi connectivity index (χ3n) is 3.39. The number of nitrogens with zero attached hydrogens (tertiary/aromatic N) is 1. The normalized spacial score (nSPS) is 11.0. The van der Waals surface area contributed by atoms with Crippen molar-refractivity contribution in [3.63, 3.8) is 0 Å². The first kappa shape index (κ1) is 15.7. The van der Waals surface area contributed by atoms with E-state index in [9.17, 15) is 9.90 Å². The Morgan fingerprint density at radius 3 is 2.27 bits per heavy atom. The highest BCUT2D eigenvalue weighted by Gasteiger charge is 2.07. The van der Waals surface area contributed by atoms with Gasteiger partial charge in [-0.05, 0) is 37.6 Å². The van der Waals surface area contributed by atoms with Crippen LogP contribution in [0, 0.1) is 0 Å². The first-order chi connectivity index (χ1) is 10.5. The molecule has 0 saturated heterocycles. The lowest BCUT2D eigenvalue weighted by atomic mass is 10.1. The van der Waals surface area contributed by atoms with Crippen molar-refractivity contribution < 1.29 is 14.6 Å². The zero-order chi connectivity index (χ0) is 16.1. The second-order valence-corrected chi connectivity index (χ2v) is 4.77. The van der Waals surface area contributed by atoms with E-state index >= 15 is 0 Å². The molecular formula is C17H19NO4. The van der Waals surface area contributed by atoms with Crippen molar-refractivity contribution in [1.82, 2.24) is 0 Å². The highest BCUT2D eigenvalue weighted by Crippen LogP contribution is 2.22. The fourth-order valence-corrected chi connectivity index (χ4v) is 2.14. The van der Waals surface area contributed by atoms with Crippen molar-refractivity contribution in [3.05, 3.63) is 52.1 Å². The van der Waals surface area contributed by atoms with E-state index in [4.69, 9.17) is 9.52 Å². The maximum atomic E-state index is 11.2. The Hall–Kier alpha value is -2.69. The number of benzene rings is 1. The Morgan fingerprint density at radius 1 is 1.09 bits per heavy atom. The molecule has 116 valence electrons.